The van der Waals surface area contributed by atoms with Gasteiger partial charge in [0.15, 0.2) is 0 Å². The quantitative estimate of drug-likeness (QED) is 0.824. The zero-order chi connectivity index (χ0) is 15.3. The molecule has 1 aromatic rings. The standard InChI is InChI=1S/C15H25BrFN3/c1-5-20(11(2)10-19(3)4)15(9-18)13-7-6-12(16)8-14(13)17/h6-8,11,15H,5,9-10,18H2,1-4H3. The number of hydrogen-bond acceptors (Lipinski definition) is 3. The van der Waals surface area contributed by atoms with Crippen molar-refractivity contribution in [1.82, 2.24) is 9.80 Å². The van der Waals surface area contributed by atoms with Crippen molar-refractivity contribution in [2.24, 2.45) is 5.73 Å². The summed E-state index contributed by atoms with van der Waals surface area (Å²) in [6.07, 6.45) is 0. The summed E-state index contributed by atoms with van der Waals surface area (Å²) in [6, 6.07) is 5.41. The third kappa shape index (κ3) is 4.52. The summed E-state index contributed by atoms with van der Waals surface area (Å²) in [5.74, 6) is -0.203. The molecule has 0 radical (unpaired) electrons. The van der Waals surface area contributed by atoms with E-state index in [4.69, 9.17) is 5.73 Å². The summed E-state index contributed by atoms with van der Waals surface area (Å²) >= 11 is 3.29. The predicted molar refractivity (Wildman–Crippen MR) is 86.3 cm³/mol. The molecule has 2 atom stereocenters. The molecule has 0 amide bonds. The summed E-state index contributed by atoms with van der Waals surface area (Å²) in [4.78, 5) is 4.39. The third-order valence-electron chi connectivity index (χ3n) is 3.51. The van der Waals surface area contributed by atoms with E-state index in [1.54, 1.807) is 0 Å². The Balaban J connectivity index is 3.02. The van der Waals surface area contributed by atoms with Gasteiger partial charge in [-0.25, -0.2) is 4.39 Å². The van der Waals surface area contributed by atoms with Gasteiger partial charge in [-0.1, -0.05) is 28.9 Å². The molecule has 3 nitrogen and oxygen atoms in total. The maximum atomic E-state index is 14.2. The first-order valence-corrected chi connectivity index (χ1v) is 7.75. The Bertz CT molecular complexity index is 426. The minimum absolute atomic E-state index is 0.0944. The lowest BCUT2D eigenvalue weighted by atomic mass is 10.0. The first-order valence-electron chi connectivity index (χ1n) is 6.96. The highest BCUT2D eigenvalue weighted by Crippen LogP contribution is 2.26. The van der Waals surface area contributed by atoms with Crippen LogP contribution in [-0.4, -0.2) is 49.6 Å². The Kier molecular flexibility index (Phi) is 7.09. The smallest absolute Gasteiger partial charge is 0.129 e. The Morgan fingerprint density at radius 3 is 2.45 bits per heavy atom. The minimum atomic E-state index is -0.203. The first-order chi connectivity index (χ1) is 9.40. The van der Waals surface area contributed by atoms with Gasteiger partial charge in [0.2, 0.25) is 0 Å². The van der Waals surface area contributed by atoms with Crippen molar-refractivity contribution < 1.29 is 4.39 Å². The van der Waals surface area contributed by atoms with Gasteiger partial charge in [-0.2, -0.15) is 0 Å². The van der Waals surface area contributed by atoms with Crippen LogP contribution in [0.4, 0.5) is 4.39 Å². The Hall–Kier alpha value is -0.490. The Morgan fingerprint density at radius 1 is 1.35 bits per heavy atom. The van der Waals surface area contributed by atoms with Gasteiger partial charge in [-0.05, 0) is 39.7 Å². The van der Waals surface area contributed by atoms with Crippen molar-refractivity contribution in [3.63, 3.8) is 0 Å². The largest absolute Gasteiger partial charge is 0.329 e. The van der Waals surface area contributed by atoms with Gasteiger partial charge in [0.25, 0.3) is 0 Å². The van der Waals surface area contributed by atoms with E-state index in [9.17, 15) is 4.39 Å². The second-order valence-electron chi connectivity index (χ2n) is 5.36. The van der Waals surface area contributed by atoms with Gasteiger partial charge in [0.1, 0.15) is 5.82 Å². The normalized spacial score (nSPS) is 14.8. The van der Waals surface area contributed by atoms with Gasteiger partial charge < -0.3 is 10.6 Å². The van der Waals surface area contributed by atoms with Crippen molar-refractivity contribution in [3.8, 4) is 0 Å². The molecule has 0 aliphatic heterocycles. The topological polar surface area (TPSA) is 32.5 Å². The van der Waals surface area contributed by atoms with Crippen LogP contribution in [0.25, 0.3) is 0 Å². The molecule has 0 bridgehead atoms. The molecule has 0 aliphatic carbocycles. The lowest BCUT2D eigenvalue weighted by Gasteiger charge is -2.36. The molecular formula is C15H25BrFN3. The Labute approximate surface area is 130 Å². The zero-order valence-electron chi connectivity index (χ0n) is 12.7. The average molecular weight is 346 g/mol. The van der Waals surface area contributed by atoms with Crippen LogP contribution in [0.5, 0.6) is 0 Å². The lowest BCUT2D eigenvalue weighted by Crippen LogP contribution is -2.44. The monoisotopic (exact) mass is 345 g/mol. The summed E-state index contributed by atoms with van der Waals surface area (Å²) in [5.41, 5.74) is 6.59. The highest BCUT2D eigenvalue weighted by molar-refractivity contribution is 9.10. The number of benzene rings is 1. The fraction of sp³-hybridized carbons (Fsp3) is 0.600. The molecular weight excluding hydrogens is 321 g/mol. The average Bonchev–Trinajstić information content (AvgIpc) is 2.35. The van der Waals surface area contributed by atoms with E-state index < -0.39 is 0 Å². The van der Waals surface area contributed by atoms with Gasteiger partial charge >= 0.3 is 0 Å². The molecule has 2 unspecified atom stereocenters. The van der Waals surface area contributed by atoms with Crippen molar-refractivity contribution in [2.45, 2.75) is 25.9 Å². The predicted octanol–water partition coefficient (Wildman–Crippen LogP) is 2.86. The van der Waals surface area contributed by atoms with Crippen LogP contribution in [0, 0.1) is 5.82 Å². The molecule has 0 saturated heterocycles. The van der Waals surface area contributed by atoms with E-state index in [0.29, 0.717) is 18.2 Å². The van der Waals surface area contributed by atoms with Crippen LogP contribution >= 0.6 is 15.9 Å². The molecule has 0 saturated carbocycles. The number of rotatable bonds is 7. The molecule has 0 aliphatic rings. The van der Waals surface area contributed by atoms with E-state index >= 15 is 0 Å². The number of likely N-dealkylation sites (N-methyl/N-ethyl adjacent to an activating group) is 2. The highest BCUT2D eigenvalue weighted by atomic mass is 79.9. The second-order valence-corrected chi connectivity index (χ2v) is 6.27. The number of nitrogens with two attached hydrogens (primary N) is 1. The van der Waals surface area contributed by atoms with Crippen molar-refractivity contribution >= 4 is 15.9 Å². The van der Waals surface area contributed by atoms with Crippen molar-refractivity contribution in [3.05, 3.63) is 34.1 Å². The number of hydrogen-bond donors (Lipinski definition) is 1. The highest BCUT2D eigenvalue weighted by Gasteiger charge is 2.25. The third-order valence-corrected chi connectivity index (χ3v) is 4.00. The summed E-state index contributed by atoms with van der Waals surface area (Å²) in [5, 5.41) is 0. The zero-order valence-corrected chi connectivity index (χ0v) is 14.3. The second kappa shape index (κ2) is 8.08. The number of halogens is 2. The van der Waals surface area contributed by atoms with Crippen LogP contribution in [0.15, 0.2) is 22.7 Å². The molecule has 114 valence electrons. The van der Waals surface area contributed by atoms with E-state index in [-0.39, 0.29) is 11.9 Å². The minimum Gasteiger partial charge on any atom is -0.329 e. The fourth-order valence-electron chi connectivity index (χ4n) is 2.69. The molecule has 20 heavy (non-hydrogen) atoms. The van der Waals surface area contributed by atoms with Crippen LogP contribution in [0.2, 0.25) is 0 Å². The van der Waals surface area contributed by atoms with Crippen LogP contribution in [0.3, 0.4) is 0 Å². The van der Waals surface area contributed by atoms with Crippen LogP contribution in [0.1, 0.15) is 25.5 Å². The van der Waals surface area contributed by atoms with Gasteiger partial charge in [-0.15, -0.1) is 0 Å². The molecule has 5 heteroatoms. The van der Waals surface area contributed by atoms with Crippen molar-refractivity contribution in [1.29, 1.82) is 0 Å². The molecule has 1 aromatic carbocycles. The SMILES string of the molecule is CCN(C(C)CN(C)C)C(CN)c1ccc(Br)cc1F. The van der Waals surface area contributed by atoms with Crippen LogP contribution < -0.4 is 5.73 Å². The number of nitrogens with zero attached hydrogens (tertiary/aromatic N) is 2. The lowest BCUT2D eigenvalue weighted by molar-refractivity contribution is 0.129. The van der Waals surface area contributed by atoms with E-state index in [2.05, 4.69) is 39.6 Å². The molecule has 1 rings (SSSR count). The van der Waals surface area contributed by atoms with Crippen molar-refractivity contribution in [2.75, 3.05) is 33.7 Å². The van der Waals surface area contributed by atoms with Crippen LogP contribution in [-0.2, 0) is 0 Å². The first kappa shape index (κ1) is 17.6. The fourth-order valence-corrected chi connectivity index (χ4v) is 3.02. The Morgan fingerprint density at radius 2 is 2.00 bits per heavy atom. The van der Waals surface area contributed by atoms with Gasteiger partial charge in [0.05, 0.1) is 6.04 Å². The molecule has 2 N–H and O–H groups in total. The summed E-state index contributed by atoms with van der Waals surface area (Å²) in [6.45, 7) is 6.41. The molecule has 0 fully saturated rings. The van der Waals surface area contributed by atoms with Gasteiger partial charge in [0, 0.05) is 29.2 Å². The van der Waals surface area contributed by atoms with E-state index in [0.717, 1.165) is 17.6 Å². The summed E-state index contributed by atoms with van der Waals surface area (Å²) < 4.78 is 14.9. The molecule has 0 aromatic heterocycles. The van der Waals surface area contributed by atoms with Gasteiger partial charge in [-0.3, -0.25) is 4.90 Å². The summed E-state index contributed by atoms with van der Waals surface area (Å²) in [7, 11) is 4.09. The molecule has 0 spiro atoms. The van der Waals surface area contributed by atoms with E-state index in [1.165, 1.54) is 6.07 Å². The maximum absolute atomic E-state index is 14.2. The van der Waals surface area contributed by atoms with E-state index in [1.807, 2.05) is 26.2 Å². The molecule has 0 heterocycles. The maximum Gasteiger partial charge on any atom is 0.129 e.